The van der Waals surface area contributed by atoms with Crippen LogP contribution < -0.4 is 9.47 Å². The van der Waals surface area contributed by atoms with Gasteiger partial charge >= 0.3 is 5.97 Å². The molecule has 0 aliphatic heterocycles. The summed E-state index contributed by atoms with van der Waals surface area (Å²) in [4.78, 5) is 25.5. The third kappa shape index (κ3) is 4.04. The van der Waals surface area contributed by atoms with Crippen molar-refractivity contribution in [2.45, 2.75) is 6.61 Å². The molecular formula is C18H14N2O6S. The van der Waals surface area contributed by atoms with Gasteiger partial charge in [-0.25, -0.2) is 9.78 Å². The van der Waals surface area contributed by atoms with Crippen LogP contribution in [0.1, 0.15) is 16.1 Å². The van der Waals surface area contributed by atoms with Crippen molar-refractivity contribution in [1.29, 1.82) is 0 Å². The maximum absolute atomic E-state index is 11.1. The second-order valence-electron chi connectivity index (χ2n) is 5.39. The first-order chi connectivity index (χ1) is 13.0. The highest BCUT2D eigenvalue weighted by atomic mass is 32.1. The number of methoxy groups -OCH3 is 1. The Hall–Kier alpha value is -3.46. The highest BCUT2D eigenvalue weighted by Gasteiger charge is 2.17. The largest absolute Gasteiger partial charge is 0.493 e. The van der Waals surface area contributed by atoms with Crippen LogP contribution in [0.5, 0.6) is 11.5 Å². The van der Waals surface area contributed by atoms with Crippen LogP contribution in [-0.4, -0.2) is 28.1 Å². The Morgan fingerprint density at radius 3 is 2.59 bits per heavy atom. The molecule has 138 valence electrons. The minimum absolute atomic E-state index is 0.000663. The van der Waals surface area contributed by atoms with Crippen molar-refractivity contribution < 1.29 is 24.3 Å². The molecule has 0 aliphatic carbocycles. The van der Waals surface area contributed by atoms with Gasteiger partial charge in [0.1, 0.15) is 11.6 Å². The summed E-state index contributed by atoms with van der Waals surface area (Å²) >= 11 is 1.19. The quantitative estimate of drug-likeness (QED) is 0.482. The van der Waals surface area contributed by atoms with E-state index in [1.54, 1.807) is 30.3 Å². The number of rotatable bonds is 7. The minimum Gasteiger partial charge on any atom is -0.493 e. The number of aromatic nitrogens is 1. The van der Waals surface area contributed by atoms with E-state index in [0.29, 0.717) is 22.1 Å². The summed E-state index contributed by atoms with van der Waals surface area (Å²) in [5.74, 6) is -0.208. The van der Waals surface area contributed by atoms with E-state index >= 15 is 0 Å². The predicted octanol–water partition coefficient (Wildman–Crippen LogP) is 4.00. The highest BCUT2D eigenvalue weighted by molar-refractivity contribution is 7.13. The maximum Gasteiger partial charge on any atom is 0.355 e. The molecule has 1 aromatic heterocycles. The molecule has 3 rings (SSSR count). The molecule has 9 heteroatoms. The van der Waals surface area contributed by atoms with Crippen LogP contribution in [0.4, 0.5) is 5.69 Å². The number of carboxylic acids is 1. The lowest BCUT2D eigenvalue weighted by atomic mass is 10.2. The van der Waals surface area contributed by atoms with E-state index in [9.17, 15) is 14.9 Å². The van der Waals surface area contributed by atoms with Crippen LogP contribution in [0.25, 0.3) is 10.6 Å². The molecule has 2 aromatic carbocycles. The van der Waals surface area contributed by atoms with Crippen molar-refractivity contribution in [3.05, 3.63) is 69.2 Å². The number of ether oxygens (including phenoxy) is 2. The Bertz CT molecular complexity index is 984. The smallest absolute Gasteiger partial charge is 0.355 e. The number of non-ortho nitro benzene ring substituents is 1. The highest BCUT2D eigenvalue weighted by Crippen LogP contribution is 2.39. The van der Waals surface area contributed by atoms with E-state index in [-0.39, 0.29) is 18.0 Å². The Morgan fingerprint density at radius 2 is 2.00 bits per heavy atom. The summed E-state index contributed by atoms with van der Waals surface area (Å²) in [6.45, 7) is 0.155. The number of nitrogens with zero attached hydrogens (tertiary/aromatic N) is 2. The lowest BCUT2D eigenvalue weighted by Crippen LogP contribution is -2.00. The fraction of sp³-hybridized carbons (Fsp3) is 0.111. The first-order valence-corrected chi connectivity index (χ1v) is 8.60. The van der Waals surface area contributed by atoms with Crippen LogP contribution in [0, 0.1) is 10.1 Å². The van der Waals surface area contributed by atoms with Crippen molar-refractivity contribution >= 4 is 23.0 Å². The van der Waals surface area contributed by atoms with Gasteiger partial charge in [0, 0.05) is 17.5 Å². The van der Waals surface area contributed by atoms with Crippen LogP contribution in [0.3, 0.4) is 0 Å². The summed E-state index contributed by atoms with van der Waals surface area (Å²) in [7, 11) is 1.50. The van der Waals surface area contributed by atoms with Crippen molar-refractivity contribution in [3.8, 4) is 22.1 Å². The lowest BCUT2D eigenvalue weighted by molar-refractivity contribution is -0.384. The van der Waals surface area contributed by atoms with E-state index in [2.05, 4.69) is 4.98 Å². The monoisotopic (exact) mass is 386 g/mol. The molecule has 0 saturated heterocycles. The Labute approximate surface area is 157 Å². The van der Waals surface area contributed by atoms with Gasteiger partial charge < -0.3 is 14.6 Å². The van der Waals surface area contributed by atoms with Crippen LogP contribution in [-0.2, 0) is 6.61 Å². The summed E-state index contributed by atoms with van der Waals surface area (Å²) in [5, 5.41) is 21.8. The Balaban J connectivity index is 1.89. The van der Waals surface area contributed by atoms with E-state index in [1.165, 1.54) is 36.0 Å². The number of benzene rings is 2. The van der Waals surface area contributed by atoms with Crippen molar-refractivity contribution in [3.63, 3.8) is 0 Å². The molecule has 0 saturated carbocycles. The van der Waals surface area contributed by atoms with Crippen LogP contribution >= 0.6 is 11.3 Å². The topological polar surface area (TPSA) is 112 Å². The average molecular weight is 386 g/mol. The van der Waals surface area contributed by atoms with E-state index < -0.39 is 10.9 Å². The molecule has 0 fully saturated rings. The van der Waals surface area contributed by atoms with Gasteiger partial charge in [-0.1, -0.05) is 6.07 Å². The van der Waals surface area contributed by atoms with Crippen molar-refractivity contribution in [1.82, 2.24) is 4.98 Å². The number of hydrogen-bond acceptors (Lipinski definition) is 7. The number of hydrogen-bond donors (Lipinski definition) is 1. The van der Waals surface area contributed by atoms with Gasteiger partial charge in [-0.05, 0) is 29.8 Å². The van der Waals surface area contributed by atoms with Gasteiger partial charge in [-0.2, -0.15) is 0 Å². The lowest BCUT2D eigenvalue weighted by Gasteiger charge is -2.14. The molecule has 0 bridgehead atoms. The van der Waals surface area contributed by atoms with Gasteiger partial charge in [0.2, 0.25) is 0 Å². The summed E-state index contributed by atoms with van der Waals surface area (Å²) < 4.78 is 11.2. The number of carboxylic acid groups (broad SMARTS) is 1. The molecule has 1 heterocycles. The van der Waals surface area contributed by atoms with E-state index in [0.717, 1.165) is 5.56 Å². The molecule has 0 radical (unpaired) electrons. The predicted molar refractivity (Wildman–Crippen MR) is 98.5 cm³/mol. The molecule has 0 aliphatic rings. The van der Waals surface area contributed by atoms with Gasteiger partial charge in [-0.15, -0.1) is 11.3 Å². The van der Waals surface area contributed by atoms with Crippen LogP contribution in [0.15, 0.2) is 47.8 Å². The number of aromatic carboxylic acids is 1. The second-order valence-corrected chi connectivity index (χ2v) is 6.25. The molecule has 8 nitrogen and oxygen atoms in total. The second kappa shape index (κ2) is 7.83. The SMILES string of the molecule is COc1cccc(-c2nc(C(=O)O)cs2)c1OCc1ccc([N+](=O)[O-])cc1. The summed E-state index contributed by atoms with van der Waals surface area (Å²) in [6, 6.07) is 11.3. The minimum atomic E-state index is -1.10. The van der Waals surface area contributed by atoms with Gasteiger partial charge in [0.25, 0.3) is 5.69 Å². The van der Waals surface area contributed by atoms with Gasteiger partial charge in [0.15, 0.2) is 17.2 Å². The standard InChI is InChI=1S/C18H14N2O6S/c1-25-15-4-2-3-13(17-19-14(10-27-17)18(21)22)16(15)26-9-11-5-7-12(8-6-11)20(23)24/h2-8,10H,9H2,1H3,(H,21,22). The Morgan fingerprint density at radius 1 is 1.26 bits per heavy atom. The molecule has 1 N–H and O–H groups in total. The number of carbonyl (C=O) groups is 1. The fourth-order valence-electron chi connectivity index (χ4n) is 2.36. The fourth-order valence-corrected chi connectivity index (χ4v) is 3.17. The zero-order valence-corrected chi connectivity index (χ0v) is 14.9. The van der Waals surface area contributed by atoms with Crippen LogP contribution in [0.2, 0.25) is 0 Å². The van der Waals surface area contributed by atoms with Gasteiger partial charge in [-0.3, -0.25) is 10.1 Å². The number of para-hydroxylation sites is 1. The zero-order chi connectivity index (χ0) is 19.4. The Kier molecular flexibility index (Phi) is 5.32. The van der Waals surface area contributed by atoms with E-state index in [1.807, 2.05) is 0 Å². The van der Waals surface area contributed by atoms with E-state index in [4.69, 9.17) is 14.6 Å². The van der Waals surface area contributed by atoms with Crippen molar-refractivity contribution in [2.24, 2.45) is 0 Å². The first kappa shape index (κ1) is 18.3. The molecule has 0 spiro atoms. The number of nitro benzene ring substituents is 1. The number of nitro groups is 1. The summed E-state index contributed by atoms with van der Waals surface area (Å²) in [5.41, 5.74) is 1.30. The zero-order valence-electron chi connectivity index (χ0n) is 14.1. The third-order valence-corrected chi connectivity index (χ3v) is 4.56. The molecule has 27 heavy (non-hydrogen) atoms. The number of thiazole rings is 1. The molecule has 0 amide bonds. The molecule has 0 unspecified atom stereocenters. The molecular weight excluding hydrogens is 372 g/mol. The van der Waals surface area contributed by atoms with Gasteiger partial charge in [0.05, 0.1) is 17.6 Å². The average Bonchev–Trinajstić information content (AvgIpc) is 3.16. The maximum atomic E-state index is 11.1. The molecule has 3 aromatic rings. The first-order valence-electron chi connectivity index (χ1n) is 7.72. The third-order valence-electron chi connectivity index (χ3n) is 3.68. The van der Waals surface area contributed by atoms with Crippen molar-refractivity contribution in [2.75, 3.05) is 7.11 Å². The normalized spacial score (nSPS) is 10.4. The molecule has 0 atom stereocenters. The summed E-state index contributed by atoms with van der Waals surface area (Å²) in [6.07, 6.45) is 0.